The fraction of sp³-hybridized carbons (Fsp3) is 0.500. The van der Waals surface area contributed by atoms with Crippen molar-refractivity contribution in [1.82, 2.24) is 10.4 Å². The summed E-state index contributed by atoms with van der Waals surface area (Å²) in [7, 11) is 0. The zero-order valence-electron chi connectivity index (χ0n) is 5.70. The lowest BCUT2D eigenvalue weighted by Crippen LogP contribution is -2.39. The van der Waals surface area contributed by atoms with Crippen LogP contribution in [0.4, 0.5) is 0 Å². The maximum absolute atomic E-state index is 10.0. The first kappa shape index (κ1) is 7.63. The summed E-state index contributed by atoms with van der Waals surface area (Å²) in [5.41, 5.74) is 2.93. The predicted molar refractivity (Wildman–Crippen MR) is 41.7 cm³/mol. The van der Waals surface area contributed by atoms with Crippen molar-refractivity contribution in [2.75, 3.05) is 5.88 Å². The molecule has 0 aromatic rings. The molecule has 0 aromatic heterocycles. The van der Waals surface area contributed by atoms with Crippen LogP contribution in [0.15, 0.2) is 11.6 Å². The Hall–Kier alpha value is -0.480. The standard InChI is InChI=1S/C6H9N2OS/c1-6(4-9)7-8-2-3-10-5-8/h2-3,6-7H,5H2,1H3/t6-/m0/s1. The van der Waals surface area contributed by atoms with E-state index in [1.165, 1.54) is 0 Å². The molecule has 3 nitrogen and oxygen atoms in total. The second-order valence-corrected chi connectivity index (χ2v) is 2.88. The van der Waals surface area contributed by atoms with E-state index >= 15 is 0 Å². The number of carbonyl (C=O) groups excluding carboxylic acids is 1. The van der Waals surface area contributed by atoms with Crippen LogP contribution in [0, 0.1) is 0 Å². The predicted octanol–water partition coefficient (Wildman–Crippen LogP) is 0.467. The van der Waals surface area contributed by atoms with Gasteiger partial charge in [0.2, 0.25) is 6.29 Å². The summed E-state index contributed by atoms with van der Waals surface area (Å²) in [4.78, 5) is 10.0. The molecule has 0 unspecified atom stereocenters. The normalized spacial score (nSPS) is 19.5. The molecule has 0 saturated carbocycles. The van der Waals surface area contributed by atoms with E-state index in [0.717, 1.165) is 5.88 Å². The molecule has 10 heavy (non-hydrogen) atoms. The minimum absolute atomic E-state index is 0.219. The Kier molecular flexibility index (Phi) is 2.77. The maximum atomic E-state index is 10.0. The molecule has 0 fully saturated rings. The lowest BCUT2D eigenvalue weighted by atomic mass is 10.4. The number of thioether (sulfide) groups is 1. The van der Waals surface area contributed by atoms with Crippen molar-refractivity contribution in [2.24, 2.45) is 0 Å². The third-order valence-electron chi connectivity index (χ3n) is 1.09. The van der Waals surface area contributed by atoms with Gasteiger partial charge in [-0.2, -0.15) is 0 Å². The van der Waals surface area contributed by atoms with Gasteiger partial charge in [-0.05, 0) is 12.3 Å². The number of nitrogens with zero attached hydrogens (tertiary/aromatic N) is 1. The fourth-order valence-corrected chi connectivity index (χ4v) is 1.28. The highest BCUT2D eigenvalue weighted by molar-refractivity contribution is 8.02. The molecule has 1 radical (unpaired) electrons. The summed E-state index contributed by atoms with van der Waals surface area (Å²) in [5.74, 6) is 0.867. The van der Waals surface area contributed by atoms with Crippen LogP contribution >= 0.6 is 11.8 Å². The summed E-state index contributed by atoms with van der Waals surface area (Å²) >= 11 is 1.69. The van der Waals surface area contributed by atoms with E-state index in [0.29, 0.717) is 0 Å². The second-order valence-electron chi connectivity index (χ2n) is 2.02. The van der Waals surface area contributed by atoms with Crippen LogP contribution in [0.5, 0.6) is 0 Å². The van der Waals surface area contributed by atoms with Crippen LogP contribution in [-0.2, 0) is 4.79 Å². The highest BCUT2D eigenvalue weighted by Crippen LogP contribution is 2.12. The molecule has 1 N–H and O–H groups in total. The zero-order valence-corrected chi connectivity index (χ0v) is 6.52. The van der Waals surface area contributed by atoms with Gasteiger partial charge in [0.25, 0.3) is 0 Å². The van der Waals surface area contributed by atoms with Gasteiger partial charge in [0.15, 0.2) is 0 Å². The van der Waals surface area contributed by atoms with Crippen LogP contribution in [0.1, 0.15) is 6.92 Å². The highest BCUT2D eigenvalue weighted by atomic mass is 32.2. The molecule has 1 aliphatic rings. The highest BCUT2D eigenvalue weighted by Gasteiger charge is 2.07. The van der Waals surface area contributed by atoms with Gasteiger partial charge in [-0.1, -0.05) is 0 Å². The van der Waals surface area contributed by atoms with Crippen molar-refractivity contribution < 1.29 is 4.79 Å². The van der Waals surface area contributed by atoms with Gasteiger partial charge in [0.1, 0.15) is 0 Å². The van der Waals surface area contributed by atoms with Gasteiger partial charge < -0.3 is 5.01 Å². The molecule has 4 heteroatoms. The summed E-state index contributed by atoms with van der Waals surface area (Å²) in [6, 6.07) is -0.219. The van der Waals surface area contributed by atoms with Crippen molar-refractivity contribution in [3.05, 3.63) is 11.6 Å². The van der Waals surface area contributed by atoms with E-state index in [1.807, 2.05) is 22.9 Å². The van der Waals surface area contributed by atoms with Crippen molar-refractivity contribution in [1.29, 1.82) is 0 Å². The topological polar surface area (TPSA) is 32.3 Å². The quantitative estimate of drug-likeness (QED) is 0.645. The van der Waals surface area contributed by atoms with Crippen LogP contribution in [0.2, 0.25) is 0 Å². The summed E-state index contributed by atoms with van der Waals surface area (Å²) < 4.78 is 0. The molecule has 0 saturated heterocycles. The monoisotopic (exact) mass is 157 g/mol. The third kappa shape index (κ3) is 2.04. The lowest BCUT2D eigenvalue weighted by Gasteiger charge is -2.17. The van der Waals surface area contributed by atoms with Crippen LogP contribution in [0.25, 0.3) is 0 Å². The molecule has 0 amide bonds. The number of rotatable bonds is 3. The van der Waals surface area contributed by atoms with Crippen molar-refractivity contribution >= 4 is 18.0 Å². The van der Waals surface area contributed by atoms with Gasteiger partial charge >= 0.3 is 0 Å². The molecule has 0 aromatic carbocycles. The van der Waals surface area contributed by atoms with Gasteiger partial charge in [0, 0.05) is 6.20 Å². The first-order valence-corrected chi connectivity index (χ1v) is 4.06. The average Bonchev–Trinajstić information content (AvgIpc) is 2.40. The Bertz CT molecular complexity index is 149. The van der Waals surface area contributed by atoms with Gasteiger partial charge in [0.05, 0.1) is 11.9 Å². The molecule has 0 aliphatic carbocycles. The molecule has 0 spiro atoms. The summed E-state index contributed by atoms with van der Waals surface area (Å²) in [5, 5.41) is 3.84. The van der Waals surface area contributed by atoms with Gasteiger partial charge in [-0.3, -0.25) is 4.79 Å². The average molecular weight is 157 g/mol. The Morgan fingerprint density at radius 2 is 2.70 bits per heavy atom. The number of hydrogen-bond donors (Lipinski definition) is 1. The fourth-order valence-electron chi connectivity index (χ4n) is 0.638. The van der Waals surface area contributed by atoms with Crippen LogP contribution in [0.3, 0.4) is 0 Å². The van der Waals surface area contributed by atoms with E-state index in [9.17, 15) is 4.79 Å². The SMILES string of the molecule is C[C@@H]([C]=O)NN1C=CSC1. The second kappa shape index (κ2) is 3.63. The first-order valence-electron chi connectivity index (χ1n) is 3.01. The van der Waals surface area contributed by atoms with E-state index in [4.69, 9.17) is 0 Å². The Balaban J connectivity index is 2.24. The Labute approximate surface area is 64.4 Å². The summed E-state index contributed by atoms with van der Waals surface area (Å²) in [6.07, 6.45) is 3.75. The van der Waals surface area contributed by atoms with Crippen molar-refractivity contribution in [3.8, 4) is 0 Å². The minimum atomic E-state index is -0.219. The zero-order chi connectivity index (χ0) is 7.40. The molecular weight excluding hydrogens is 148 g/mol. The molecule has 55 valence electrons. The molecule has 1 aliphatic heterocycles. The number of hydrazine groups is 1. The number of nitrogens with one attached hydrogen (secondary N) is 1. The largest absolute Gasteiger partial charge is 0.304 e. The molecule has 1 heterocycles. The Morgan fingerprint density at radius 1 is 1.90 bits per heavy atom. The van der Waals surface area contributed by atoms with Crippen LogP contribution < -0.4 is 5.43 Å². The lowest BCUT2D eigenvalue weighted by molar-refractivity contribution is 0.303. The van der Waals surface area contributed by atoms with Gasteiger partial charge in [-0.15, -0.1) is 11.8 Å². The Morgan fingerprint density at radius 3 is 3.20 bits per heavy atom. The van der Waals surface area contributed by atoms with E-state index < -0.39 is 0 Å². The molecule has 0 bridgehead atoms. The molecule has 1 atom stereocenters. The van der Waals surface area contributed by atoms with E-state index in [2.05, 4.69) is 5.43 Å². The van der Waals surface area contributed by atoms with Crippen molar-refractivity contribution in [3.63, 3.8) is 0 Å². The summed E-state index contributed by atoms with van der Waals surface area (Å²) in [6.45, 7) is 1.77. The van der Waals surface area contributed by atoms with E-state index in [1.54, 1.807) is 18.7 Å². The third-order valence-corrected chi connectivity index (χ3v) is 1.83. The van der Waals surface area contributed by atoms with Crippen molar-refractivity contribution in [2.45, 2.75) is 13.0 Å². The van der Waals surface area contributed by atoms with Gasteiger partial charge in [-0.25, -0.2) is 5.43 Å². The minimum Gasteiger partial charge on any atom is -0.304 e. The van der Waals surface area contributed by atoms with E-state index in [-0.39, 0.29) is 6.04 Å². The maximum Gasteiger partial charge on any atom is 0.218 e. The first-order chi connectivity index (χ1) is 4.83. The molecule has 1 rings (SSSR count). The smallest absolute Gasteiger partial charge is 0.218 e. The number of hydrogen-bond acceptors (Lipinski definition) is 4. The molecular formula is C6H9N2OS. The van der Waals surface area contributed by atoms with Crippen LogP contribution in [-0.4, -0.2) is 23.2 Å².